The molecule has 0 aromatic heterocycles. The number of ether oxygens (including phenoxy) is 1. The average Bonchev–Trinajstić information content (AvgIpc) is 3.12. The molecule has 18 heavy (non-hydrogen) atoms. The van der Waals surface area contributed by atoms with E-state index in [9.17, 15) is 0 Å². The molecule has 0 atom stereocenters. The number of hydrogen-bond donors (Lipinski definition) is 1. The Hall–Kier alpha value is -0.730. The summed E-state index contributed by atoms with van der Waals surface area (Å²) in [5, 5.41) is 4.23. The molecule has 100 valence electrons. The molecular formula is C15H22ClNO. The van der Waals surface area contributed by atoms with Crippen LogP contribution in [0.1, 0.15) is 32.3 Å². The lowest BCUT2D eigenvalue weighted by atomic mass is 9.95. The molecule has 0 spiro atoms. The number of rotatable bonds is 6. The predicted molar refractivity (Wildman–Crippen MR) is 76.5 cm³/mol. The minimum Gasteiger partial charge on any atom is -0.491 e. The smallest absolute Gasteiger partial charge is 0.138 e. The van der Waals surface area contributed by atoms with E-state index in [1.54, 1.807) is 0 Å². The SMILES string of the molecule is Cc1ccc(Cl)c(OCC(C)(C)CNC2CC2)c1. The Morgan fingerprint density at radius 3 is 2.78 bits per heavy atom. The molecular weight excluding hydrogens is 246 g/mol. The van der Waals surface area contributed by atoms with Crippen molar-refractivity contribution in [3.05, 3.63) is 28.8 Å². The maximum absolute atomic E-state index is 6.12. The summed E-state index contributed by atoms with van der Waals surface area (Å²) >= 11 is 6.12. The Kier molecular flexibility index (Phi) is 4.18. The first-order valence-electron chi connectivity index (χ1n) is 6.59. The van der Waals surface area contributed by atoms with Crippen LogP contribution < -0.4 is 10.1 Å². The summed E-state index contributed by atoms with van der Waals surface area (Å²) in [6, 6.07) is 6.62. The van der Waals surface area contributed by atoms with Crippen LogP contribution in [0.4, 0.5) is 0 Å². The summed E-state index contributed by atoms with van der Waals surface area (Å²) in [4.78, 5) is 0. The fraction of sp³-hybridized carbons (Fsp3) is 0.600. The summed E-state index contributed by atoms with van der Waals surface area (Å²) in [6.45, 7) is 8.14. The minimum atomic E-state index is 0.121. The first-order valence-corrected chi connectivity index (χ1v) is 6.96. The predicted octanol–water partition coefficient (Wildman–Crippen LogP) is 3.81. The van der Waals surface area contributed by atoms with E-state index < -0.39 is 0 Å². The third kappa shape index (κ3) is 4.18. The molecule has 1 N–H and O–H groups in total. The van der Waals surface area contributed by atoms with Crippen LogP contribution in [0.2, 0.25) is 5.02 Å². The highest BCUT2D eigenvalue weighted by Crippen LogP contribution is 2.28. The third-order valence-corrected chi connectivity index (χ3v) is 3.46. The van der Waals surface area contributed by atoms with E-state index in [0.29, 0.717) is 11.6 Å². The Labute approximate surface area is 115 Å². The summed E-state index contributed by atoms with van der Waals surface area (Å²) in [6.07, 6.45) is 2.64. The molecule has 0 amide bonds. The molecule has 1 aromatic rings. The molecule has 2 nitrogen and oxygen atoms in total. The second kappa shape index (κ2) is 5.50. The molecule has 0 aliphatic heterocycles. The molecule has 1 saturated carbocycles. The van der Waals surface area contributed by atoms with Gasteiger partial charge in [-0.3, -0.25) is 0 Å². The fourth-order valence-electron chi connectivity index (χ4n) is 1.75. The summed E-state index contributed by atoms with van der Waals surface area (Å²) in [7, 11) is 0. The van der Waals surface area contributed by atoms with Crippen molar-refractivity contribution in [3.63, 3.8) is 0 Å². The maximum Gasteiger partial charge on any atom is 0.138 e. The Morgan fingerprint density at radius 1 is 1.39 bits per heavy atom. The van der Waals surface area contributed by atoms with Crippen LogP contribution in [-0.4, -0.2) is 19.2 Å². The van der Waals surface area contributed by atoms with Crippen LogP contribution in [0.25, 0.3) is 0 Å². The van der Waals surface area contributed by atoms with Crippen LogP contribution >= 0.6 is 11.6 Å². The number of aryl methyl sites for hydroxylation is 1. The summed E-state index contributed by atoms with van der Waals surface area (Å²) in [5.41, 5.74) is 1.29. The van der Waals surface area contributed by atoms with E-state index in [1.165, 1.54) is 18.4 Å². The van der Waals surface area contributed by atoms with Gasteiger partial charge in [0.1, 0.15) is 5.75 Å². The third-order valence-electron chi connectivity index (χ3n) is 3.15. The zero-order chi connectivity index (χ0) is 13.2. The lowest BCUT2D eigenvalue weighted by Crippen LogP contribution is -2.35. The van der Waals surface area contributed by atoms with Gasteiger partial charge >= 0.3 is 0 Å². The molecule has 1 fully saturated rings. The zero-order valence-corrected chi connectivity index (χ0v) is 12.2. The lowest BCUT2D eigenvalue weighted by Gasteiger charge is -2.25. The molecule has 2 rings (SSSR count). The standard InChI is InChI=1S/C15H22ClNO/c1-11-4-7-13(16)14(8-11)18-10-15(2,3)9-17-12-5-6-12/h4,7-8,12,17H,5-6,9-10H2,1-3H3. The lowest BCUT2D eigenvalue weighted by molar-refractivity contribution is 0.176. The van der Waals surface area contributed by atoms with Crippen molar-refractivity contribution in [1.29, 1.82) is 0 Å². The quantitative estimate of drug-likeness (QED) is 0.846. The second-order valence-corrected chi connectivity index (χ2v) is 6.45. The molecule has 1 aliphatic carbocycles. The molecule has 0 bridgehead atoms. The van der Waals surface area contributed by atoms with Gasteiger partial charge in [-0.1, -0.05) is 31.5 Å². The van der Waals surface area contributed by atoms with Crippen LogP contribution in [0.3, 0.4) is 0 Å². The van der Waals surface area contributed by atoms with E-state index in [4.69, 9.17) is 16.3 Å². The fourth-order valence-corrected chi connectivity index (χ4v) is 1.93. The summed E-state index contributed by atoms with van der Waals surface area (Å²) < 4.78 is 5.86. The number of nitrogens with one attached hydrogen (secondary N) is 1. The van der Waals surface area contributed by atoms with Crippen molar-refractivity contribution >= 4 is 11.6 Å². The highest BCUT2D eigenvalue weighted by molar-refractivity contribution is 6.32. The number of hydrogen-bond acceptors (Lipinski definition) is 2. The van der Waals surface area contributed by atoms with E-state index >= 15 is 0 Å². The van der Waals surface area contributed by atoms with Gasteiger partial charge in [-0.15, -0.1) is 0 Å². The van der Waals surface area contributed by atoms with Crippen LogP contribution in [0.15, 0.2) is 18.2 Å². The molecule has 0 saturated heterocycles. The van der Waals surface area contributed by atoms with Crippen LogP contribution in [-0.2, 0) is 0 Å². The van der Waals surface area contributed by atoms with Gasteiger partial charge in [0.2, 0.25) is 0 Å². The van der Waals surface area contributed by atoms with E-state index in [0.717, 1.165) is 18.3 Å². The highest BCUT2D eigenvalue weighted by Gasteiger charge is 2.25. The normalized spacial score (nSPS) is 15.8. The van der Waals surface area contributed by atoms with Crippen molar-refractivity contribution in [3.8, 4) is 5.75 Å². The van der Waals surface area contributed by atoms with Crippen LogP contribution in [0, 0.1) is 12.3 Å². The van der Waals surface area contributed by atoms with Crippen molar-refractivity contribution in [2.24, 2.45) is 5.41 Å². The van der Waals surface area contributed by atoms with Crippen molar-refractivity contribution in [2.75, 3.05) is 13.2 Å². The van der Waals surface area contributed by atoms with Gasteiger partial charge in [-0.25, -0.2) is 0 Å². The van der Waals surface area contributed by atoms with Crippen molar-refractivity contribution in [2.45, 2.75) is 39.7 Å². The van der Waals surface area contributed by atoms with Gasteiger partial charge in [0.25, 0.3) is 0 Å². The first kappa shape index (κ1) is 13.7. The topological polar surface area (TPSA) is 21.3 Å². The molecule has 0 unspecified atom stereocenters. The highest BCUT2D eigenvalue weighted by atomic mass is 35.5. The van der Waals surface area contributed by atoms with Gasteiger partial charge in [0, 0.05) is 18.0 Å². The Bertz CT molecular complexity index is 413. The minimum absolute atomic E-state index is 0.121. The molecule has 1 aliphatic rings. The largest absolute Gasteiger partial charge is 0.491 e. The van der Waals surface area contributed by atoms with Gasteiger partial charge in [-0.05, 0) is 37.5 Å². The van der Waals surface area contributed by atoms with Crippen LogP contribution in [0.5, 0.6) is 5.75 Å². The zero-order valence-electron chi connectivity index (χ0n) is 11.4. The summed E-state index contributed by atoms with van der Waals surface area (Å²) in [5.74, 6) is 0.788. The molecule has 0 heterocycles. The molecule has 3 heteroatoms. The van der Waals surface area contributed by atoms with Crippen molar-refractivity contribution in [1.82, 2.24) is 5.32 Å². The first-order chi connectivity index (χ1) is 8.46. The van der Waals surface area contributed by atoms with E-state index in [1.807, 2.05) is 25.1 Å². The number of halogens is 1. The average molecular weight is 268 g/mol. The van der Waals surface area contributed by atoms with E-state index in [2.05, 4.69) is 19.2 Å². The van der Waals surface area contributed by atoms with Gasteiger partial charge in [0.15, 0.2) is 0 Å². The van der Waals surface area contributed by atoms with E-state index in [-0.39, 0.29) is 5.41 Å². The van der Waals surface area contributed by atoms with Crippen molar-refractivity contribution < 1.29 is 4.74 Å². The maximum atomic E-state index is 6.12. The van der Waals surface area contributed by atoms with Gasteiger partial charge in [-0.2, -0.15) is 0 Å². The molecule has 0 radical (unpaired) electrons. The monoisotopic (exact) mass is 267 g/mol. The number of benzene rings is 1. The Morgan fingerprint density at radius 2 is 2.11 bits per heavy atom. The van der Waals surface area contributed by atoms with Gasteiger partial charge in [0.05, 0.1) is 11.6 Å². The molecule has 1 aromatic carbocycles. The van der Waals surface area contributed by atoms with Gasteiger partial charge < -0.3 is 10.1 Å². The Balaban J connectivity index is 1.86. The second-order valence-electron chi connectivity index (χ2n) is 6.04.